The first-order valence-electron chi connectivity index (χ1n) is 12.0. The molecule has 2 heterocycles. The van der Waals surface area contributed by atoms with E-state index in [4.69, 9.17) is 11.6 Å². The zero-order valence-corrected chi connectivity index (χ0v) is 22.1. The van der Waals surface area contributed by atoms with Crippen LogP contribution in [0.3, 0.4) is 0 Å². The van der Waals surface area contributed by atoms with Crippen LogP contribution in [0, 0.1) is 12.7 Å². The van der Waals surface area contributed by atoms with Gasteiger partial charge in [-0.25, -0.2) is 12.8 Å². The van der Waals surface area contributed by atoms with Crippen LogP contribution in [0.5, 0.6) is 0 Å². The summed E-state index contributed by atoms with van der Waals surface area (Å²) in [4.78, 5) is 18.8. The van der Waals surface area contributed by atoms with E-state index in [1.54, 1.807) is 42.2 Å². The molecule has 1 aliphatic heterocycles. The molecule has 38 heavy (non-hydrogen) atoms. The number of rotatable bonds is 5. The standard InChI is InChI=1S/C28H25ClFN3O4S/c1-18-17-19(27(34)33-15-12-28(35,13-16-33)21-6-2-3-7-22(21)29)8-10-24(18)32-38(36,37)25-11-9-23(30)20-5-4-14-31-26(20)25/h2-11,14,17,32,35H,12-13,15-16H2,1H3. The Bertz CT molecular complexity index is 1650. The summed E-state index contributed by atoms with van der Waals surface area (Å²) in [6, 6.07) is 17.2. The first-order valence-corrected chi connectivity index (χ1v) is 13.9. The van der Waals surface area contributed by atoms with Crippen LogP contribution in [0.15, 0.2) is 77.8 Å². The van der Waals surface area contributed by atoms with E-state index >= 15 is 0 Å². The highest BCUT2D eigenvalue weighted by molar-refractivity contribution is 7.93. The molecule has 7 nitrogen and oxygen atoms in total. The average molecular weight is 554 g/mol. The number of fused-ring (bicyclic) bond motifs is 1. The van der Waals surface area contributed by atoms with E-state index in [1.807, 2.05) is 6.07 Å². The highest BCUT2D eigenvalue weighted by Crippen LogP contribution is 2.37. The Morgan fingerprint density at radius 3 is 2.53 bits per heavy atom. The van der Waals surface area contributed by atoms with Crippen molar-refractivity contribution < 1.29 is 22.7 Å². The van der Waals surface area contributed by atoms with Gasteiger partial charge in [-0.15, -0.1) is 0 Å². The molecule has 10 heteroatoms. The summed E-state index contributed by atoms with van der Waals surface area (Å²) in [7, 11) is -4.09. The molecule has 1 aromatic heterocycles. The predicted octanol–water partition coefficient (Wildman–Crippen LogP) is 5.26. The van der Waals surface area contributed by atoms with Crippen molar-refractivity contribution in [2.75, 3.05) is 17.8 Å². The molecule has 3 aromatic carbocycles. The maximum atomic E-state index is 14.2. The summed E-state index contributed by atoms with van der Waals surface area (Å²) in [6.45, 7) is 2.39. The monoisotopic (exact) mass is 553 g/mol. The van der Waals surface area contributed by atoms with Crippen molar-refractivity contribution in [3.05, 3.63) is 100 Å². The highest BCUT2D eigenvalue weighted by atomic mass is 35.5. The molecule has 4 aromatic rings. The zero-order valence-electron chi connectivity index (χ0n) is 20.5. The minimum absolute atomic E-state index is 0.0336. The number of halogens is 2. The summed E-state index contributed by atoms with van der Waals surface area (Å²) < 4.78 is 43.0. The van der Waals surface area contributed by atoms with Crippen LogP contribution in [0.4, 0.5) is 10.1 Å². The van der Waals surface area contributed by atoms with Crippen LogP contribution in [0.1, 0.15) is 34.3 Å². The van der Waals surface area contributed by atoms with Crippen LogP contribution in [0.2, 0.25) is 5.02 Å². The van der Waals surface area contributed by atoms with E-state index in [1.165, 1.54) is 30.5 Å². The van der Waals surface area contributed by atoms with Gasteiger partial charge in [0.15, 0.2) is 0 Å². The molecule has 196 valence electrons. The van der Waals surface area contributed by atoms with E-state index in [-0.39, 0.29) is 21.7 Å². The van der Waals surface area contributed by atoms with Gasteiger partial charge in [0.05, 0.1) is 16.8 Å². The number of likely N-dealkylation sites (tertiary alicyclic amines) is 1. The zero-order chi connectivity index (χ0) is 27.1. The van der Waals surface area contributed by atoms with Crippen molar-refractivity contribution in [1.82, 2.24) is 9.88 Å². The third kappa shape index (κ3) is 4.84. The molecule has 0 atom stereocenters. The van der Waals surface area contributed by atoms with Crippen LogP contribution in [0.25, 0.3) is 10.9 Å². The fraction of sp³-hybridized carbons (Fsp3) is 0.214. The molecule has 0 spiro atoms. The van der Waals surface area contributed by atoms with E-state index in [0.717, 1.165) is 6.07 Å². The van der Waals surface area contributed by atoms with Crippen LogP contribution in [-0.4, -0.2) is 42.4 Å². The van der Waals surface area contributed by atoms with Crippen molar-refractivity contribution in [3.63, 3.8) is 0 Å². The summed E-state index contributed by atoms with van der Waals surface area (Å²) in [5, 5.41) is 11.7. The van der Waals surface area contributed by atoms with Gasteiger partial charge in [-0.05, 0) is 73.9 Å². The van der Waals surface area contributed by atoms with Crippen molar-refractivity contribution in [2.45, 2.75) is 30.3 Å². The fourth-order valence-corrected chi connectivity index (χ4v) is 6.41. The van der Waals surface area contributed by atoms with Gasteiger partial charge < -0.3 is 10.0 Å². The highest BCUT2D eigenvalue weighted by Gasteiger charge is 2.37. The smallest absolute Gasteiger partial charge is 0.264 e. The summed E-state index contributed by atoms with van der Waals surface area (Å²) in [6.07, 6.45) is 2.10. The number of amides is 1. The Balaban J connectivity index is 1.32. The van der Waals surface area contributed by atoms with E-state index in [9.17, 15) is 22.7 Å². The van der Waals surface area contributed by atoms with Crippen molar-refractivity contribution in [2.24, 2.45) is 0 Å². The van der Waals surface area contributed by atoms with Crippen molar-refractivity contribution >= 4 is 44.1 Å². The molecule has 0 bridgehead atoms. The molecule has 5 rings (SSSR count). The predicted molar refractivity (Wildman–Crippen MR) is 144 cm³/mol. The molecule has 0 unspecified atom stereocenters. The Labute approximate surface area is 224 Å². The lowest BCUT2D eigenvalue weighted by Gasteiger charge is -2.39. The van der Waals surface area contributed by atoms with Crippen molar-refractivity contribution in [3.8, 4) is 0 Å². The third-order valence-electron chi connectivity index (χ3n) is 6.94. The van der Waals surface area contributed by atoms with E-state index in [2.05, 4.69) is 9.71 Å². The summed E-state index contributed by atoms with van der Waals surface area (Å²) in [5.74, 6) is -0.772. The number of nitrogens with zero attached hydrogens (tertiary/aromatic N) is 2. The number of carbonyl (C=O) groups excluding carboxylic acids is 1. The number of aryl methyl sites for hydroxylation is 1. The summed E-state index contributed by atoms with van der Waals surface area (Å²) in [5.41, 5.74) is 0.830. The number of anilines is 1. The lowest BCUT2D eigenvalue weighted by molar-refractivity contribution is -0.0210. The lowest BCUT2D eigenvalue weighted by Crippen LogP contribution is -2.45. The number of nitrogens with one attached hydrogen (secondary N) is 1. The second-order valence-corrected chi connectivity index (χ2v) is 11.4. The first-order chi connectivity index (χ1) is 18.1. The maximum absolute atomic E-state index is 14.2. The van der Waals surface area contributed by atoms with Gasteiger partial charge in [-0.3, -0.25) is 14.5 Å². The molecule has 0 radical (unpaired) electrons. The van der Waals surface area contributed by atoms with Crippen LogP contribution < -0.4 is 4.72 Å². The van der Waals surface area contributed by atoms with Gasteiger partial charge in [-0.1, -0.05) is 29.8 Å². The average Bonchev–Trinajstić information content (AvgIpc) is 2.90. The number of aromatic nitrogens is 1. The molecular formula is C28H25ClFN3O4S. The molecule has 1 amide bonds. The van der Waals surface area contributed by atoms with E-state index < -0.39 is 21.4 Å². The Morgan fingerprint density at radius 1 is 1.08 bits per heavy atom. The Kier molecular flexibility index (Phi) is 6.85. The summed E-state index contributed by atoms with van der Waals surface area (Å²) >= 11 is 6.29. The Hall–Kier alpha value is -3.53. The van der Waals surface area contributed by atoms with Crippen LogP contribution >= 0.6 is 11.6 Å². The molecule has 1 fully saturated rings. The largest absolute Gasteiger partial charge is 0.385 e. The van der Waals surface area contributed by atoms with Gasteiger partial charge in [0.25, 0.3) is 15.9 Å². The van der Waals surface area contributed by atoms with Gasteiger partial charge in [0.1, 0.15) is 10.7 Å². The van der Waals surface area contributed by atoms with Gasteiger partial charge in [0.2, 0.25) is 0 Å². The minimum Gasteiger partial charge on any atom is -0.385 e. The second-order valence-electron chi connectivity index (χ2n) is 9.38. The van der Waals surface area contributed by atoms with Gasteiger partial charge in [-0.2, -0.15) is 0 Å². The SMILES string of the molecule is Cc1cc(C(=O)N2CCC(O)(c3ccccc3Cl)CC2)ccc1NS(=O)(=O)c1ccc(F)c2cccnc12. The molecule has 0 aliphatic carbocycles. The van der Waals surface area contributed by atoms with Gasteiger partial charge >= 0.3 is 0 Å². The second kappa shape index (κ2) is 9.98. The number of sulfonamides is 1. The molecule has 2 N–H and O–H groups in total. The van der Waals surface area contributed by atoms with E-state index in [0.29, 0.717) is 53.3 Å². The normalized spacial score (nSPS) is 15.4. The quantitative estimate of drug-likeness (QED) is 0.351. The molecule has 1 saturated heterocycles. The topological polar surface area (TPSA) is 99.6 Å². The fourth-order valence-electron chi connectivity index (χ4n) is 4.81. The van der Waals surface area contributed by atoms with Crippen LogP contribution in [-0.2, 0) is 15.6 Å². The van der Waals surface area contributed by atoms with Crippen molar-refractivity contribution in [1.29, 1.82) is 0 Å². The number of aliphatic hydroxyl groups is 1. The minimum atomic E-state index is -4.09. The first kappa shape index (κ1) is 26.1. The Morgan fingerprint density at radius 2 is 1.82 bits per heavy atom. The lowest BCUT2D eigenvalue weighted by atomic mass is 9.84. The number of hydrogen-bond acceptors (Lipinski definition) is 5. The number of hydrogen-bond donors (Lipinski definition) is 2. The number of piperidine rings is 1. The number of benzene rings is 3. The number of carbonyl (C=O) groups is 1. The van der Waals surface area contributed by atoms with Gasteiger partial charge in [0, 0.05) is 40.8 Å². The molecule has 0 saturated carbocycles. The molecule has 1 aliphatic rings. The maximum Gasteiger partial charge on any atom is 0.264 e. The third-order valence-corrected chi connectivity index (χ3v) is 8.67. The number of pyridine rings is 1. The molecular weight excluding hydrogens is 529 g/mol.